The standard InChI is InChI=1S/C26H36O/c1-25-14-7-6-10-20(25)11-12-21-22(25)13-15-26(2)23(21)17-19(24(26)27)16-18-8-4-3-5-9-18/h3-5,8-9,16,20-24,27H,6-7,10-15,17H2,1-2H3/b19-16+/t20-,21+,22-,23-,24+,25-,26-/m0/s1. The lowest BCUT2D eigenvalue weighted by Crippen LogP contribution is -2.53. The van der Waals surface area contributed by atoms with Gasteiger partial charge in [-0.05, 0) is 85.2 Å². The summed E-state index contributed by atoms with van der Waals surface area (Å²) in [6.07, 6.45) is 14.4. The normalized spacial score (nSPS) is 48.0. The molecule has 1 aromatic rings. The van der Waals surface area contributed by atoms with Crippen molar-refractivity contribution in [2.75, 3.05) is 0 Å². The van der Waals surface area contributed by atoms with Crippen LogP contribution in [-0.2, 0) is 0 Å². The summed E-state index contributed by atoms with van der Waals surface area (Å²) in [4.78, 5) is 0. The van der Waals surface area contributed by atoms with Gasteiger partial charge < -0.3 is 5.11 Å². The van der Waals surface area contributed by atoms with Crippen LogP contribution in [-0.4, -0.2) is 11.2 Å². The van der Waals surface area contributed by atoms with Gasteiger partial charge in [-0.2, -0.15) is 0 Å². The van der Waals surface area contributed by atoms with Gasteiger partial charge in [-0.25, -0.2) is 0 Å². The van der Waals surface area contributed by atoms with Crippen molar-refractivity contribution < 1.29 is 5.11 Å². The van der Waals surface area contributed by atoms with Gasteiger partial charge in [-0.1, -0.05) is 63.1 Å². The highest BCUT2D eigenvalue weighted by Gasteiger charge is 2.60. The van der Waals surface area contributed by atoms with Crippen LogP contribution in [0.1, 0.15) is 77.2 Å². The average molecular weight is 365 g/mol. The van der Waals surface area contributed by atoms with E-state index in [0.29, 0.717) is 11.3 Å². The summed E-state index contributed by atoms with van der Waals surface area (Å²) in [6, 6.07) is 10.6. The van der Waals surface area contributed by atoms with E-state index in [0.717, 1.165) is 24.2 Å². The van der Waals surface area contributed by atoms with Gasteiger partial charge >= 0.3 is 0 Å². The van der Waals surface area contributed by atoms with Crippen LogP contribution >= 0.6 is 0 Å². The average Bonchev–Trinajstić information content (AvgIpc) is 2.93. The lowest BCUT2D eigenvalue weighted by atomic mass is 9.45. The zero-order valence-electron chi connectivity index (χ0n) is 17.2. The van der Waals surface area contributed by atoms with E-state index in [1.807, 2.05) is 0 Å². The maximum atomic E-state index is 11.3. The molecule has 1 N–H and O–H groups in total. The van der Waals surface area contributed by atoms with Crippen LogP contribution < -0.4 is 0 Å². The highest BCUT2D eigenvalue weighted by atomic mass is 16.3. The van der Waals surface area contributed by atoms with Crippen LogP contribution in [0.15, 0.2) is 35.9 Å². The third-order valence-corrected chi connectivity index (χ3v) is 9.60. The molecule has 0 saturated heterocycles. The van der Waals surface area contributed by atoms with E-state index in [2.05, 4.69) is 50.3 Å². The van der Waals surface area contributed by atoms with Crippen molar-refractivity contribution >= 4 is 6.08 Å². The molecule has 7 atom stereocenters. The fourth-order valence-corrected chi connectivity index (χ4v) is 8.06. The Balaban J connectivity index is 1.46. The summed E-state index contributed by atoms with van der Waals surface area (Å²) in [5.41, 5.74) is 3.22. The Morgan fingerprint density at radius 1 is 0.889 bits per heavy atom. The van der Waals surface area contributed by atoms with Gasteiger partial charge in [0.1, 0.15) is 0 Å². The Morgan fingerprint density at radius 2 is 1.70 bits per heavy atom. The van der Waals surface area contributed by atoms with Crippen LogP contribution in [0.4, 0.5) is 0 Å². The molecule has 0 bridgehead atoms. The van der Waals surface area contributed by atoms with E-state index in [-0.39, 0.29) is 11.5 Å². The maximum Gasteiger partial charge on any atom is 0.0809 e. The summed E-state index contributed by atoms with van der Waals surface area (Å²) >= 11 is 0. The van der Waals surface area contributed by atoms with E-state index in [9.17, 15) is 5.11 Å². The molecule has 4 saturated carbocycles. The third-order valence-electron chi connectivity index (χ3n) is 9.60. The van der Waals surface area contributed by atoms with Gasteiger partial charge in [-0.3, -0.25) is 0 Å². The number of aliphatic hydroxyl groups excluding tert-OH is 1. The first kappa shape index (κ1) is 18.0. The van der Waals surface area contributed by atoms with Crippen molar-refractivity contribution in [1.82, 2.24) is 0 Å². The number of aliphatic hydroxyl groups is 1. The van der Waals surface area contributed by atoms with Gasteiger partial charge in [0.25, 0.3) is 0 Å². The maximum absolute atomic E-state index is 11.3. The minimum Gasteiger partial charge on any atom is -0.388 e. The lowest BCUT2D eigenvalue weighted by molar-refractivity contribution is -0.119. The molecule has 0 heterocycles. The van der Waals surface area contributed by atoms with Crippen molar-refractivity contribution in [3.63, 3.8) is 0 Å². The molecule has 27 heavy (non-hydrogen) atoms. The molecule has 0 amide bonds. The van der Waals surface area contributed by atoms with Crippen molar-refractivity contribution in [1.29, 1.82) is 0 Å². The van der Waals surface area contributed by atoms with Gasteiger partial charge in [-0.15, -0.1) is 0 Å². The monoisotopic (exact) mass is 364 g/mol. The van der Waals surface area contributed by atoms with Gasteiger partial charge in [0.15, 0.2) is 0 Å². The van der Waals surface area contributed by atoms with E-state index in [4.69, 9.17) is 0 Å². The van der Waals surface area contributed by atoms with Crippen LogP contribution in [0.2, 0.25) is 0 Å². The molecule has 5 rings (SSSR count). The first-order chi connectivity index (χ1) is 13.0. The Kier molecular flexibility index (Phi) is 4.31. The predicted octanol–water partition coefficient (Wildman–Crippen LogP) is 6.47. The second-order valence-electron chi connectivity index (χ2n) is 10.7. The number of rotatable bonds is 1. The van der Waals surface area contributed by atoms with E-state index < -0.39 is 0 Å². The van der Waals surface area contributed by atoms with Crippen molar-refractivity contribution in [3.8, 4) is 0 Å². The molecule has 0 radical (unpaired) electrons. The Hall–Kier alpha value is -1.08. The number of hydrogen-bond donors (Lipinski definition) is 1. The van der Waals surface area contributed by atoms with Gasteiger partial charge in [0.05, 0.1) is 6.10 Å². The molecule has 4 fully saturated rings. The Bertz CT molecular complexity index is 721. The quantitative estimate of drug-likeness (QED) is 0.605. The molecule has 146 valence electrons. The summed E-state index contributed by atoms with van der Waals surface area (Å²) in [5, 5.41) is 11.3. The van der Waals surface area contributed by atoms with Crippen molar-refractivity contribution in [3.05, 3.63) is 41.5 Å². The number of hydrogen-bond acceptors (Lipinski definition) is 1. The first-order valence-electron chi connectivity index (χ1n) is 11.5. The molecule has 0 spiro atoms. The van der Waals surface area contributed by atoms with Crippen molar-refractivity contribution in [2.45, 2.75) is 77.7 Å². The molecule has 4 aliphatic carbocycles. The minimum absolute atomic E-state index is 0.0969. The van der Waals surface area contributed by atoms with Gasteiger partial charge in [0.2, 0.25) is 0 Å². The smallest absolute Gasteiger partial charge is 0.0809 e. The number of fused-ring (bicyclic) bond motifs is 5. The summed E-state index contributed by atoms with van der Waals surface area (Å²) in [5.74, 6) is 3.39. The third kappa shape index (κ3) is 2.68. The molecule has 1 aromatic carbocycles. The SMILES string of the molecule is C[C@]12CCCC[C@H]1CC[C@@H]1[C@@H]2CC[C@]2(C)[C@H](O)/C(=C/c3ccccc3)C[C@@H]12. The van der Waals surface area contributed by atoms with Crippen LogP contribution in [0.25, 0.3) is 6.08 Å². The van der Waals surface area contributed by atoms with E-state index >= 15 is 0 Å². The molecule has 0 aliphatic heterocycles. The predicted molar refractivity (Wildman–Crippen MR) is 112 cm³/mol. The second-order valence-corrected chi connectivity index (χ2v) is 10.7. The summed E-state index contributed by atoms with van der Waals surface area (Å²) in [6.45, 7) is 5.04. The Morgan fingerprint density at radius 3 is 2.52 bits per heavy atom. The van der Waals surface area contributed by atoms with Gasteiger partial charge in [0, 0.05) is 5.41 Å². The zero-order chi connectivity index (χ0) is 18.6. The van der Waals surface area contributed by atoms with Crippen LogP contribution in [0, 0.1) is 34.5 Å². The topological polar surface area (TPSA) is 20.2 Å². The first-order valence-corrected chi connectivity index (χ1v) is 11.5. The Labute approximate surface area is 165 Å². The van der Waals surface area contributed by atoms with Crippen LogP contribution in [0.5, 0.6) is 0 Å². The molecule has 1 nitrogen and oxygen atoms in total. The van der Waals surface area contributed by atoms with E-state index in [1.165, 1.54) is 62.5 Å². The fourth-order valence-electron chi connectivity index (χ4n) is 8.06. The summed E-state index contributed by atoms with van der Waals surface area (Å²) < 4.78 is 0. The molecule has 1 heteroatoms. The van der Waals surface area contributed by atoms with Crippen LogP contribution in [0.3, 0.4) is 0 Å². The fraction of sp³-hybridized carbons (Fsp3) is 0.692. The zero-order valence-corrected chi connectivity index (χ0v) is 17.2. The summed E-state index contributed by atoms with van der Waals surface area (Å²) in [7, 11) is 0. The highest BCUT2D eigenvalue weighted by Crippen LogP contribution is 2.67. The number of benzene rings is 1. The van der Waals surface area contributed by atoms with Crippen molar-refractivity contribution in [2.24, 2.45) is 34.5 Å². The second kappa shape index (κ2) is 6.48. The lowest BCUT2D eigenvalue weighted by Gasteiger charge is -2.60. The molecular weight excluding hydrogens is 328 g/mol. The van der Waals surface area contributed by atoms with E-state index in [1.54, 1.807) is 0 Å². The minimum atomic E-state index is -0.249. The molecule has 0 aromatic heterocycles. The highest BCUT2D eigenvalue weighted by molar-refractivity contribution is 5.55. The molecule has 4 aliphatic rings. The molecular formula is C26H36O. The molecule has 0 unspecified atom stereocenters. The largest absolute Gasteiger partial charge is 0.388 e.